The molecule has 0 radical (unpaired) electrons. The number of rotatable bonds is 7. The average Bonchev–Trinajstić information content (AvgIpc) is 3.14. The molecule has 10 heteroatoms. The molecule has 0 aliphatic carbocycles. The van der Waals surface area contributed by atoms with Gasteiger partial charge in [-0.05, 0) is 22.8 Å². The highest BCUT2D eigenvalue weighted by molar-refractivity contribution is 5.93. The van der Waals surface area contributed by atoms with Crippen molar-refractivity contribution in [2.75, 3.05) is 20.3 Å². The number of aliphatic hydroxyl groups is 2. The van der Waals surface area contributed by atoms with Crippen LogP contribution in [0.15, 0.2) is 58.3 Å². The van der Waals surface area contributed by atoms with Crippen LogP contribution in [0, 0.1) is 0 Å². The number of carbonyl (C=O) groups excluding carboxylic acids is 1. The van der Waals surface area contributed by atoms with Gasteiger partial charge >= 0.3 is 5.69 Å². The maximum absolute atomic E-state index is 12.7. The zero-order valence-corrected chi connectivity index (χ0v) is 17.9. The van der Waals surface area contributed by atoms with Crippen LogP contribution < -0.4 is 16.6 Å². The Morgan fingerprint density at radius 3 is 2.70 bits per heavy atom. The number of methoxy groups -OCH3 is 1. The summed E-state index contributed by atoms with van der Waals surface area (Å²) in [5.41, 5.74) is -0.927. The molecule has 0 unspecified atom stereocenters. The number of ether oxygens (including phenoxy) is 2. The predicted octanol–water partition coefficient (Wildman–Crippen LogP) is -0.0721. The minimum atomic E-state index is -1.19. The van der Waals surface area contributed by atoms with Crippen LogP contribution in [0.4, 0.5) is 0 Å². The Hall–Kier alpha value is -3.31. The zero-order chi connectivity index (χ0) is 23.5. The number of benzene rings is 2. The molecule has 4 rings (SSSR count). The van der Waals surface area contributed by atoms with Gasteiger partial charge in [0.1, 0.15) is 23.9 Å². The van der Waals surface area contributed by atoms with E-state index in [-0.39, 0.29) is 12.1 Å². The van der Waals surface area contributed by atoms with E-state index < -0.39 is 48.3 Å². The molecule has 1 fully saturated rings. The maximum atomic E-state index is 12.7. The zero-order valence-electron chi connectivity index (χ0n) is 17.9. The van der Waals surface area contributed by atoms with Gasteiger partial charge in [-0.2, -0.15) is 0 Å². The Bertz CT molecular complexity index is 1270. The molecule has 1 aliphatic heterocycles. The van der Waals surface area contributed by atoms with Crippen molar-refractivity contribution in [3.63, 3.8) is 0 Å². The van der Waals surface area contributed by atoms with Crippen molar-refractivity contribution in [2.45, 2.75) is 31.0 Å². The number of fused-ring (bicyclic) bond motifs is 1. The number of aromatic amines is 1. The lowest BCUT2D eigenvalue weighted by molar-refractivity contribution is -0.0626. The Morgan fingerprint density at radius 1 is 1.21 bits per heavy atom. The highest BCUT2D eigenvalue weighted by Crippen LogP contribution is 2.30. The highest BCUT2D eigenvalue weighted by atomic mass is 16.6. The molecule has 0 spiro atoms. The third-order valence-electron chi connectivity index (χ3n) is 5.76. The van der Waals surface area contributed by atoms with Crippen LogP contribution >= 0.6 is 0 Å². The van der Waals surface area contributed by atoms with Gasteiger partial charge in [-0.1, -0.05) is 42.5 Å². The van der Waals surface area contributed by atoms with Crippen LogP contribution in [0.5, 0.6) is 0 Å². The summed E-state index contributed by atoms with van der Waals surface area (Å²) in [7, 11) is 1.32. The summed E-state index contributed by atoms with van der Waals surface area (Å²) >= 11 is 0. The van der Waals surface area contributed by atoms with Crippen LogP contribution in [0.25, 0.3) is 10.8 Å². The number of aliphatic hydroxyl groups excluding tert-OH is 2. The Labute approximate surface area is 188 Å². The van der Waals surface area contributed by atoms with Gasteiger partial charge in [-0.25, -0.2) is 4.79 Å². The summed E-state index contributed by atoms with van der Waals surface area (Å²) < 4.78 is 11.7. The summed E-state index contributed by atoms with van der Waals surface area (Å²) in [5, 5.41) is 24.5. The Balaban J connectivity index is 1.49. The first-order valence-corrected chi connectivity index (χ1v) is 10.5. The van der Waals surface area contributed by atoms with Crippen molar-refractivity contribution in [3.8, 4) is 0 Å². The summed E-state index contributed by atoms with van der Waals surface area (Å²) in [6, 6.07) is 14.0. The molecule has 4 N–H and O–H groups in total. The smallest absolute Gasteiger partial charge is 0.330 e. The highest BCUT2D eigenvalue weighted by Gasteiger charge is 2.45. The predicted molar refractivity (Wildman–Crippen MR) is 119 cm³/mol. The standard InChI is InChI=1S/C23H25N3O7/c1-32-19-18(28)17(12-27)33-22(19)26-11-16(21(30)25-23(26)31)20(29)24-9-8-13-6-7-14-4-2-3-5-15(14)10-13/h2-7,10-11,17-19,22,27-28H,8-9,12H2,1H3,(H,24,29)(H,25,30,31)/t17-,18+,19-,22-/m1/s1. The molecule has 1 amide bonds. The molecular weight excluding hydrogens is 430 g/mol. The Kier molecular flexibility index (Phi) is 6.70. The van der Waals surface area contributed by atoms with Crippen LogP contribution in [-0.4, -0.2) is 64.2 Å². The first-order valence-electron chi connectivity index (χ1n) is 10.5. The number of hydrogen-bond donors (Lipinski definition) is 4. The summed E-state index contributed by atoms with van der Waals surface area (Å²) in [6.07, 6.45) is -2.64. The number of amides is 1. The van der Waals surface area contributed by atoms with Gasteiger partial charge in [-0.15, -0.1) is 0 Å². The minimum absolute atomic E-state index is 0.279. The molecule has 0 saturated carbocycles. The first kappa shape index (κ1) is 22.9. The van der Waals surface area contributed by atoms with E-state index in [1.807, 2.05) is 42.5 Å². The van der Waals surface area contributed by atoms with Crippen molar-refractivity contribution < 1.29 is 24.5 Å². The number of H-pyrrole nitrogens is 1. The first-order chi connectivity index (χ1) is 15.9. The lowest BCUT2D eigenvalue weighted by atomic mass is 10.1. The normalized spacial score (nSPS) is 22.5. The summed E-state index contributed by atoms with van der Waals surface area (Å²) in [6.45, 7) is -0.209. The van der Waals surface area contributed by atoms with Crippen molar-refractivity contribution in [1.82, 2.24) is 14.9 Å². The molecule has 2 aromatic carbocycles. The third-order valence-corrected chi connectivity index (χ3v) is 5.76. The van der Waals surface area contributed by atoms with Crippen molar-refractivity contribution in [3.05, 3.63) is 80.6 Å². The Morgan fingerprint density at radius 2 is 1.97 bits per heavy atom. The fourth-order valence-corrected chi connectivity index (χ4v) is 3.99. The molecule has 2 heterocycles. The molecule has 10 nitrogen and oxygen atoms in total. The minimum Gasteiger partial charge on any atom is -0.394 e. The van der Waals surface area contributed by atoms with E-state index in [4.69, 9.17) is 9.47 Å². The molecular formula is C23H25N3O7. The topological polar surface area (TPSA) is 143 Å². The van der Waals surface area contributed by atoms with E-state index in [2.05, 4.69) is 10.3 Å². The van der Waals surface area contributed by atoms with E-state index in [1.165, 1.54) is 7.11 Å². The molecule has 1 saturated heterocycles. The van der Waals surface area contributed by atoms with Crippen molar-refractivity contribution in [1.29, 1.82) is 0 Å². The van der Waals surface area contributed by atoms with Gasteiger partial charge in [0.15, 0.2) is 6.23 Å². The number of carbonyl (C=O) groups is 1. The quantitative estimate of drug-likeness (QED) is 0.390. The summed E-state index contributed by atoms with van der Waals surface area (Å²) in [5.74, 6) is -0.656. The van der Waals surface area contributed by atoms with Gasteiger partial charge < -0.3 is 25.0 Å². The number of aromatic nitrogens is 2. The summed E-state index contributed by atoms with van der Waals surface area (Å²) in [4.78, 5) is 39.4. The third kappa shape index (κ3) is 4.60. The van der Waals surface area contributed by atoms with Crippen molar-refractivity contribution >= 4 is 16.7 Å². The van der Waals surface area contributed by atoms with Crippen LogP contribution in [0.3, 0.4) is 0 Å². The van der Waals surface area contributed by atoms with E-state index in [9.17, 15) is 24.6 Å². The fraction of sp³-hybridized carbons (Fsp3) is 0.348. The van der Waals surface area contributed by atoms with Crippen LogP contribution in [-0.2, 0) is 15.9 Å². The van der Waals surface area contributed by atoms with E-state index in [0.717, 1.165) is 27.1 Å². The maximum Gasteiger partial charge on any atom is 0.330 e. The molecule has 174 valence electrons. The largest absolute Gasteiger partial charge is 0.394 e. The molecule has 3 aromatic rings. The molecule has 1 aliphatic rings. The number of hydrogen-bond acceptors (Lipinski definition) is 7. The number of nitrogens with zero attached hydrogens (tertiary/aromatic N) is 1. The lowest BCUT2D eigenvalue weighted by Crippen LogP contribution is -2.41. The van der Waals surface area contributed by atoms with Gasteiger partial charge in [0.25, 0.3) is 11.5 Å². The van der Waals surface area contributed by atoms with Crippen LogP contribution in [0.1, 0.15) is 22.1 Å². The number of nitrogens with one attached hydrogen (secondary N) is 2. The van der Waals surface area contributed by atoms with E-state index in [0.29, 0.717) is 6.42 Å². The van der Waals surface area contributed by atoms with E-state index >= 15 is 0 Å². The van der Waals surface area contributed by atoms with Crippen LogP contribution in [0.2, 0.25) is 0 Å². The molecule has 4 atom stereocenters. The molecule has 1 aromatic heterocycles. The van der Waals surface area contributed by atoms with E-state index in [1.54, 1.807) is 0 Å². The SMILES string of the molecule is CO[C@@H]1[C@@H](O)[C@@H](CO)O[C@H]1n1cc(C(=O)NCCc2ccc3ccccc3c2)c(=O)[nH]c1=O. The molecule has 0 bridgehead atoms. The average molecular weight is 455 g/mol. The van der Waals surface area contributed by atoms with Gasteiger partial charge in [0, 0.05) is 19.9 Å². The second kappa shape index (κ2) is 9.67. The lowest BCUT2D eigenvalue weighted by Gasteiger charge is -2.20. The van der Waals surface area contributed by atoms with Gasteiger partial charge in [0.05, 0.1) is 6.61 Å². The van der Waals surface area contributed by atoms with Crippen molar-refractivity contribution in [2.24, 2.45) is 0 Å². The second-order valence-corrected chi connectivity index (χ2v) is 7.84. The monoisotopic (exact) mass is 455 g/mol. The van der Waals surface area contributed by atoms with Gasteiger partial charge in [0.2, 0.25) is 0 Å². The second-order valence-electron chi connectivity index (χ2n) is 7.84. The fourth-order valence-electron chi connectivity index (χ4n) is 3.99. The van der Waals surface area contributed by atoms with Gasteiger partial charge in [-0.3, -0.25) is 19.1 Å². The molecule has 33 heavy (non-hydrogen) atoms.